The minimum atomic E-state index is -0.123. The van der Waals surface area contributed by atoms with E-state index >= 15 is 0 Å². The molecule has 1 heterocycles. The maximum absolute atomic E-state index is 11.9. The van der Waals surface area contributed by atoms with Crippen LogP contribution in [0.1, 0.15) is 19.4 Å². The summed E-state index contributed by atoms with van der Waals surface area (Å²) >= 11 is 0. The molecule has 0 amide bonds. The molecule has 3 nitrogen and oxygen atoms in total. The van der Waals surface area contributed by atoms with Crippen LogP contribution in [0.2, 0.25) is 0 Å². The van der Waals surface area contributed by atoms with Crippen molar-refractivity contribution in [2.24, 2.45) is 0 Å². The van der Waals surface area contributed by atoms with Crippen LogP contribution in [0.25, 0.3) is 0 Å². The van der Waals surface area contributed by atoms with Crippen molar-refractivity contribution in [3.63, 3.8) is 0 Å². The fourth-order valence-electron chi connectivity index (χ4n) is 3.14. The Labute approximate surface area is 130 Å². The lowest BCUT2D eigenvalue weighted by molar-refractivity contribution is -0.111. The topological polar surface area (TPSA) is 40.5 Å². The zero-order valence-corrected chi connectivity index (χ0v) is 13.0. The van der Waals surface area contributed by atoms with Crippen LogP contribution in [-0.2, 0) is 10.2 Å². The predicted octanol–water partition coefficient (Wildman–Crippen LogP) is 3.81. The van der Waals surface area contributed by atoms with Gasteiger partial charge in [-0.25, -0.2) is 0 Å². The number of allylic oxidation sites excluding steroid dienone is 7. The molecule has 1 aromatic rings. The van der Waals surface area contributed by atoms with E-state index in [4.69, 9.17) is 0 Å². The van der Waals surface area contributed by atoms with Crippen LogP contribution in [0.3, 0.4) is 0 Å². The SMILES string of the molecule is CN1C(=CC=C2C=C(O)C=CC2=O)C(C)(C)c2ccccc21. The summed E-state index contributed by atoms with van der Waals surface area (Å²) in [6.07, 6.45) is 8.04. The van der Waals surface area contributed by atoms with E-state index < -0.39 is 0 Å². The highest BCUT2D eigenvalue weighted by Crippen LogP contribution is 2.46. The molecule has 112 valence electrons. The number of carbonyl (C=O) groups is 1. The molecule has 0 fully saturated rings. The van der Waals surface area contributed by atoms with Crippen molar-refractivity contribution in [3.8, 4) is 0 Å². The van der Waals surface area contributed by atoms with Gasteiger partial charge in [0.15, 0.2) is 5.78 Å². The van der Waals surface area contributed by atoms with Crippen molar-refractivity contribution >= 4 is 11.5 Å². The monoisotopic (exact) mass is 293 g/mol. The number of benzene rings is 1. The number of rotatable bonds is 1. The second kappa shape index (κ2) is 5.02. The first-order chi connectivity index (χ1) is 10.4. The molecule has 1 aliphatic carbocycles. The average molecular weight is 293 g/mol. The van der Waals surface area contributed by atoms with Crippen LogP contribution in [0, 0.1) is 0 Å². The van der Waals surface area contributed by atoms with Crippen molar-refractivity contribution < 1.29 is 9.90 Å². The minimum Gasteiger partial charge on any atom is -0.508 e. The number of hydrogen-bond donors (Lipinski definition) is 1. The molecule has 0 saturated carbocycles. The summed E-state index contributed by atoms with van der Waals surface area (Å²) in [5, 5.41) is 9.54. The number of hydrogen-bond acceptors (Lipinski definition) is 3. The number of carbonyl (C=O) groups excluding carboxylic acids is 1. The van der Waals surface area contributed by atoms with Crippen LogP contribution < -0.4 is 4.90 Å². The molecule has 0 bridgehead atoms. The maximum atomic E-state index is 11.9. The van der Waals surface area contributed by atoms with E-state index in [1.165, 1.54) is 29.5 Å². The quantitative estimate of drug-likeness (QED) is 0.801. The highest BCUT2D eigenvalue weighted by Gasteiger charge is 2.37. The van der Waals surface area contributed by atoms with Gasteiger partial charge in [0.2, 0.25) is 0 Å². The molecule has 1 aromatic carbocycles. The molecule has 0 spiro atoms. The third kappa shape index (κ3) is 2.19. The van der Waals surface area contributed by atoms with Crippen molar-refractivity contribution in [1.82, 2.24) is 0 Å². The number of aliphatic hydroxyl groups excluding tert-OH is 1. The molecule has 0 radical (unpaired) electrons. The lowest BCUT2D eigenvalue weighted by Gasteiger charge is -2.23. The van der Waals surface area contributed by atoms with Crippen LogP contribution in [0.15, 0.2) is 71.7 Å². The summed E-state index contributed by atoms with van der Waals surface area (Å²) in [6.45, 7) is 4.35. The van der Waals surface area contributed by atoms with Crippen molar-refractivity contribution in [2.45, 2.75) is 19.3 Å². The Morgan fingerprint density at radius 2 is 1.86 bits per heavy atom. The van der Waals surface area contributed by atoms with Gasteiger partial charge in [0, 0.05) is 29.4 Å². The molecule has 1 aliphatic heterocycles. The highest BCUT2D eigenvalue weighted by molar-refractivity contribution is 6.07. The molecule has 22 heavy (non-hydrogen) atoms. The molecule has 3 rings (SSSR count). The number of fused-ring (bicyclic) bond motifs is 1. The molecule has 0 aromatic heterocycles. The summed E-state index contributed by atoms with van der Waals surface area (Å²) < 4.78 is 0. The van der Waals surface area contributed by atoms with Gasteiger partial charge in [-0.1, -0.05) is 32.0 Å². The van der Waals surface area contributed by atoms with Gasteiger partial charge in [-0.05, 0) is 42.0 Å². The summed E-state index contributed by atoms with van der Waals surface area (Å²) in [4.78, 5) is 14.0. The van der Waals surface area contributed by atoms with Crippen molar-refractivity contribution in [2.75, 3.05) is 11.9 Å². The predicted molar refractivity (Wildman–Crippen MR) is 88.9 cm³/mol. The number of likely N-dealkylation sites (N-methyl/N-ethyl adjacent to an activating group) is 1. The zero-order valence-electron chi connectivity index (χ0n) is 13.0. The van der Waals surface area contributed by atoms with E-state index in [0.29, 0.717) is 5.57 Å². The fourth-order valence-corrected chi connectivity index (χ4v) is 3.14. The Kier molecular flexibility index (Phi) is 3.28. The molecule has 3 heteroatoms. The largest absolute Gasteiger partial charge is 0.508 e. The molecule has 1 N–H and O–H groups in total. The summed E-state index contributed by atoms with van der Waals surface area (Å²) in [5.74, 6) is 0.0113. The number of nitrogens with zero attached hydrogens (tertiary/aromatic N) is 1. The fraction of sp³-hybridized carbons (Fsp3) is 0.211. The smallest absolute Gasteiger partial charge is 0.186 e. The number of aliphatic hydroxyl groups is 1. The van der Waals surface area contributed by atoms with E-state index in [2.05, 4.69) is 30.9 Å². The second-order valence-corrected chi connectivity index (χ2v) is 6.14. The first-order valence-electron chi connectivity index (χ1n) is 7.30. The van der Waals surface area contributed by atoms with E-state index in [1.807, 2.05) is 25.3 Å². The average Bonchev–Trinajstić information content (AvgIpc) is 2.68. The van der Waals surface area contributed by atoms with Gasteiger partial charge in [-0.2, -0.15) is 0 Å². The lowest BCUT2D eigenvalue weighted by Crippen LogP contribution is -2.22. The maximum Gasteiger partial charge on any atom is 0.186 e. The zero-order chi connectivity index (χ0) is 15.9. The molecular weight excluding hydrogens is 274 g/mol. The Balaban J connectivity index is 2.03. The first kappa shape index (κ1) is 14.4. The van der Waals surface area contributed by atoms with Crippen LogP contribution in [-0.4, -0.2) is 17.9 Å². The molecule has 0 unspecified atom stereocenters. The molecule has 0 atom stereocenters. The van der Waals surface area contributed by atoms with Crippen LogP contribution in [0.4, 0.5) is 5.69 Å². The first-order valence-corrected chi connectivity index (χ1v) is 7.30. The standard InChI is InChI=1S/C19H19NO2/c1-19(2)15-6-4-5-7-16(15)20(3)18(19)11-8-13-12-14(21)9-10-17(13)22/h4-12,21H,1-3H3. The van der Waals surface area contributed by atoms with E-state index in [9.17, 15) is 9.90 Å². The van der Waals surface area contributed by atoms with Gasteiger partial charge in [0.1, 0.15) is 5.76 Å². The Morgan fingerprint density at radius 1 is 1.14 bits per heavy atom. The summed E-state index contributed by atoms with van der Waals surface area (Å²) in [7, 11) is 2.04. The van der Waals surface area contributed by atoms with Crippen LogP contribution in [0.5, 0.6) is 0 Å². The summed E-state index contributed by atoms with van der Waals surface area (Å²) in [6, 6.07) is 8.32. The van der Waals surface area contributed by atoms with E-state index in [-0.39, 0.29) is 17.0 Å². The number of para-hydroxylation sites is 1. The Morgan fingerprint density at radius 3 is 2.59 bits per heavy atom. The van der Waals surface area contributed by atoms with Gasteiger partial charge < -0.3 is 10.0 Å². The Hall–Kier alpha value is -2.55. The Bertz CT molecular complexity index is 763. The van der Waals surface area contributed by atoms with Gasteiger partial charge in [0.25, 0.3) is 0 Å². The van der Waals surface area contributed by atoms with Gasteiger partial charge in [0.05, 0.1) is 0 Å². The minimum absolute atomic E-state index is 0.0920. The molecular formula is C19H19NO2. The van der Waals surface area contributed by atoms with Gasteiger partial charge in [-0.3, -0.25) is 4.79 Å². The second-order valence-electron chi connectivity index (χ2n) is 6.14. The molecule has 2 aliphatic rings. The van der Waals surface area contributed by atoms with Crippen molar-refractivity contribution in [1.29, 1.82) is 0 Å². The van der Waals surface area contributed by atoms with Crippen LogP contribution >= 0.6 is 0 Å². The van der Waals surface area contributed by atoms with E-state index in [0.717, 1.165) is 5.70 Å². The normalized spacial score (nSPS) is 23.1. The van der Waals surface area contributed by atoms with Gasteiger partial charge >= 0.3 is 0 Å². The number of anilines is 1. The summed E-state index contributed by atoms with van der Waals surface area (Å²) in [5.41, 5.74) is 3.95. The molecule has 0 saturated heterocycles. The van der Waals surface area contributed by atoms with Crippen molar-refractivity contribution in [3.05, 3.63) is 77.2 Å². The lowest BCUT2D eigenvalue weighted by atomic mass is 9.83. The van der Waals surface area contributed by atoms with E-state index in [1.54, 1.807) is 6.08 Å². The van der Waals surface area contributed by atoms with Gasteiger partial charge in [-0.15, -0.1) is 0 Å². The third-order valence-electron chi connectivity index (χ3n) is 4.35. The highest BCUT2D eigenvalue weighted by atomic mass is 16.3. The number of ketones is 1. The third-order valence-corrected chi connectivity index (χ3v) is 4.35.